The summed E-state index contributed by atoms with van der Waals surface area (Å²) in [4.78, 5) is 0. The summed E-state index contributed by atoms with van der Waals surface area (Å²) in [6.07, 6.45) is 4.32. The first kappa shape index (κ1) is 20.6. The molecule has 5 rings (SSSR count). The van der Waals surface area contributed by atoms with E-state index in [9.17, 15) is 5.11 Å². The van der Waals surface area contributed by atoms with Crippen LogP contribution in [0.1, 0.15) is 24.8 Å². The molecule has 1 fully saturated rings. The van der Waals surface area contributed by atoms with Crippen molar-refractivity contribution in [2.45, 2.75) is 19.3 Å². The molecule has 0 saturated heterocycles. The Morgan fingerprint density at radius 2 is 1.91 bits per heavy atom. The molecule has 1 heterocycles. The quantitative estimate of drug-likeness (QED) is 0.167. The summed E-state index contributed by atoms with van der Waals surface area (Å²) in [5.41, 5.74) is 10.9. The number of aromatic nitrogens is 2. The van der Waals surface area contributed by atoms with Crippen LogP contribution in [0.3, 0.4) is 0 Å². The number of aliphatic hydroxyl groups is 1. The van der Waals surface area contributed by atoms with E-state index < -0.39 is 0 Å². The van der Waals surface area contributed by atoms with Crippen LogP contribution in [0.4, 0.5) is 17.2 Å². The molecule has 0 aliphatic heterocycles. The number of hydrogen-bond acceptors (Lipinski definition) is 6. The number of fused-ring (bicyclic) bond motifs is 1. The van der Waals surface area contributed by atoms with Gasteiger partial charge >= 0.3 is 0 Å². The van der Waals surface area contributed by atoms with Crippen LogP contribution >= 0.6 is 0 Å². The summed E-state index contributed by atoms with van der Waals surface area (Å²) in [5, 5.41) is 26.7. The number of nitrogen functional groups attached to an aromatic ring is 1. The smallest absolute Gasteiger partial charge is 0.160 e. The molecule has 5 N–H and O–H groups in total. The van der Waals surface area contributed by atoms with Crippen molar-refractivity contribution in [2.24, 2.45) is 0 Å². The fourth-order valence-corrected chi connectivity index (χ4v) is 3.85. The highest BCUT2D eigenvalue weighted by molar-refractivity contribution is 5.94. The van der Waals surface area contributed by atoms with Crippen LogP contribution < -0.4 is 15.8 Å². The van der Waals surface area contributed by atoms with Gasteiger partial charge in [-0.05, 0) is 79.4 Å². The average Bonchev–Trinajstić information content (AvgIpc) is 3.16. The van der Waals surface area contributed by atoms with Crippen LogP contribution in [0.5, 0.6) is 5.75 Å². The second-order valence-electron chi connectivity index (χ2n) is 8.08. The summed E-state index contributed by atoms with van der Waals surface area (Å²) in [6, 6.07) is 21.1. The van der Waals surface area contributed by atoms with E-state index >= 15 is 0 Å². The van der Waals surface area contributed by atoms with Crippen molar-refractivity contribution >= 4 is 34.3 Å². The molecule has 0 radical (unpaired) electrons. The van der Waals surface area contributed by atoms with Crippen molar-refractivity contribution in [1.29, 1.82) is 5.41 Å². The van der Waals surface area contributed by atoms with Gasteiger partial charge in [-0.25, -0.2) is 4.68 Å². The average molecular weight is 440 g/mol. The van der Waals surface area contributed by atoms with Gasteiger partial charge < -0.3 is 26.3 Å². The highest BCUT2D eigenvalue weighted by Gasteiger charge is 2.15. The number of para-hydroxylation sites is 1. The maximum absolute atomic E-state index is 10.1. The summed E-state index contributed by atoms with van der Waals surface area (Å²) >= 11 is 0. The first-order chi connectivity index (χ1) is 16.1. The van der Waals surface area contributed by atoms with Crippen molar-refractivity contribution in [3.8, 4) is 11.4 Å². The van der Waals surface area contributed by atoms with Crippen molar-refractivity contribution in [3.63, 3.8) is 0 Å². The minimum Gasteiger partial charge on any atom is -0.509 e. The molecule has 3 aromatic carbocycles. The molecule has 1 saturated carbocycles. The Kier molecular flexibility index (Phi) is 5.44. The Balaban J connectivity index is 1.41. The van der Waals surface area contributed by atoms with E-state index in [1.165, 1.54) is 6.21 Å². The van der Waals surface area contributed by atoms with Gasteiger partial charge in [0, 0.05) is 28.5 Å². The second-order valence-corrected chi connectivity index (χ2v) is 8.08. The molecule has 1 aliphatic rings. The molecular weight excluding hydrogens is 414 g/mol. The lowest BCUT2D eigenvalue weighted by Gasteiger charge is -2.18. The lowest BCUT2D eigenvalue weighted by Crippen LogP contribution is -2.08. The maximum atomic E-state index is 10.1. The monoisotopic (exact) mass is 439 g/mol. The third-order valence-corrected chi connectivity index (χ3v) is 5.91. The molecule has 0 amide bonds. The minimum absolute atomic E-state index is 0.201. The fourth-order valence-electron chi connectivity index (χ4n) is 3.85. The number of nitrogens with two attached hydrogens (primary N) is 1. The second kappa shape index (κ2) is 8.70. The first-order valence-electron chi connectivity index (χ1n) is 10.9. The molecule has 1 aliphatic carbocycles. The van der Waals surface area contributed by atoms with E-state index in [1.807, 2.05) is 65.3 Å². The van der Waals surface area contributed by atoms with Crippen LogP contribution in [-0.2, 0) is 0 Å². The zero-order valence-corrected chi connectivity index (χ0v) is 18.1. The van der Waals surface area contributed by atoms with E-state index in [1.54, 1.807) is 6.07 Å². The van der Waals surface area contributed by atoms with Crippen LogP contribution in [0.15, 0.2) is 78.1 Å². The zero-order valence-electron chi connectivity index (χ0n) is 18.1. The van der Waals surface area contributed by atoms with Crippen molar-refractivity contribution in [2.75, 3.05) is 17.7 Å². The Bertz CT molecular complexity index is 1350. The largest absolute Gasteiger partial charge is 0.509 e. The first-order valence-corrected chi connectivity index (χ1v) is 10.9. The Morgan fingerprint density at radius 3 is 2.64 bits per heavy atom. The number of ether oxygens (including phenoxy) is 1. The third kappa shape index (κ3) is 4.13. The zero-order chi connectivity index (χ0) is 22.8. The molecular formula is C26H25N5O2. The van der Waals surface area contributed by atoms with E-state index in [0.29, 0.717) is 28.6 Å². The number of aliphatic hydroxyl groups excluding tert-OH is 1. The van der Waals surface area contributed by atoms with Crippen molar-refractivity contribution in [1.82, 2.24) is 9.78 Å². The Labute approximate surface area is 191 Å². The number of allylic oxidation sites excluding steroid dienone is 1. The summed E-state index contributed by atoms with van der Waals surface area (Å²) < 4.78 is 7.62. The van der Waals surface area contributed by atoms with E-state index in [-0.39, 0.29) is 6.61 Å². The van der Waals surface area contributed by atoms with Gasteiger partial charge in [0.1, 0.15) is 18.1 Å². The van der Waals surface area contributed by atoms with Gasteiger partial charge in [-0.2, -0.15) is 0 Å². The molecule has 166 valence electrons. The lowest BCUT2D eigenvalue weighted by atomic mass is 9.91. The topological polar surface area (TPSA) is 109 Å². The SMILES string of the molecule is N=Cc1cc(Nc2nn(-c3ccc(OCC(O)=C4CCC4)cc3)c3ccccc23)ccc1N. The van der Waals surface area contributed by atoms with Crippen LogP contribution in [0, 0.1) is 5.41 Å². The van der Waals surface area contributed by atoms with Crippen LogP contribution in [0.2, 0.25) is 0 Å². The van der Waals surface area contributed by atoms with Crippen molar-refractivity contribution in [3.05, 3.63) is 83.6 Å². The molecule has 0 bridgehead atoms. The minimum atomic E-state index is 0.201. The molecule has 0 unspecified atom stereocenters. The highest BCUT2D eigenvalue weighted by Crippen LogP contribution is 2.30. The van der Waals surface area contributed by atoms with Gasteiger partial charge in [0.15, 0.2) is 5.82 Å². The summed E-state index contributed by atoms with van der Waals surface area (Å²) in [5.74, 6) is 1.76. The number of nitrogens with one attached hydrogen (secondary N) is 2. The van der Waals surface area contributed by atoms with Gasteiger partial charge in [0.2, 0.25) is 0 Å². The molecule has 0 atom stereocenters. The number of anilines is 3. The maximum Gasteiger partial charge on any atom is 0.160 e. The normalized spacial score (nSPS) is 12.9. The highest BCUT2D eigenvalue weighted by atomic mass is 16.5. The van der Waals surface area contributed by atoms with Gasteiger partial charge in [0.25, 0.3) is 0 Å². The molecule has 4 aromatic rings. The molecule has 0 spiro atoms. The Morgan fingerprint density at radius 1 is 1.12 bits per heavy atom. The molecule has 1 aromatic heterocycles. The number of benzene rings is 3. The van der Waals surface area contributed by atoms with E-state index in [4.69, 9.17) is 21.0 Å². The predicted octanol–water partition coefficient (Wildman–Crippen LogP) is 5.72. The number of hydrogen-bond donors (Lipinski definition) is 4. The van der Waals surface area contributed by atoms with Gasteiger partial charge in [-0.3, -0.25) is 0 Å². The molecule has 7 heteroatoms. The van der Waals surface area contributed by atoms with Gasteiger partial charge in [0.05, 0.1) is 11.2 Å². The van der Waals surface area contributed by atoms with E-state index in [2.05, 4.69) is 5.32 Å². The number of nitrogens with zero attached hydrogens (tertiary/aromatic N) is 2. The van der Waals surface area contributed by atoms with Crippen LogP contribution in [-0.4, -0.2) is 27.7 Å². The Hall–Kier alpha value is -4.26. The van der Waals surface area contributed by atoms with Crippen molar-refractivity contribution < 1.29 is 9.84 Å². The summed E-state index contributed by atoms with van der Waals surface area (Å²) in [6.45, 7) is 0.201. The molecule has 33 heavy (non-hydrogen) atoms. The van der Waals surface area contributed by atoms with E-state index in [0.717, 1.165) is 47.1 Å². The standard InChI is InChI=1S/C26H25N5O2/c27-15-18-14-19(8-13-23(18)28)29-26-22-6-1-2-7-24(22)31(30-26)20-9-11-21(12-10-20)33-16-25(32)17-4-3-5-17/h1-2,6-15,27,32H,3-5,16,28H2,(H,29,30). The summed E-state index contributed by atoms with van der Waals surface area (Å²) in [7, 11) is 0. The van der Waals surface area contributed by atoms with Crippen LogP contribution in [0.25, 0.3) is 16.6 Å². The molecule has 7 nitrogen and oxygen atoms in total. The third-order valence-electron chi connectivity index (χ3n) is 5.91. The van der Waals surface area contributed by atoms with Gasteiger partial charge in [-0.1, -0.05) is 12.1 Å². The number of rotatable bonds is 7. The fraction of sp³-hybridized carbons (Fsp3) is 0.154. The lowest BCUT2D eigenvalue weighted by molar-refractivity contribution is 0.260. The predicted molar refractivity (Wildman–Crippen MR) is 132 cm³/mol. The van der Waals surface area contributed by atoms with Gasteiger partial charge in [-0.15, -0.1) is 5.10 Å².